The van der Waals surface area contributed by atoms with Gasteiger partial charge in [-0.2, -0.15) is 0 Å². The first kappa shape index (κ1) is 10.5. The SMILES string of the molecule is Cn1ccc2c(Cl)c(CCCO)ccc21. The zero-order chi connectivity index (χ0) is 10.8. The molecule has 0 saturated heterocycles. The number of aromatic nitrogens is 1. The van der Waals surface area contributed by atoms with E-state index in [-0.39, 0.29) is 6.61 Å². The van der Waals surface area contributed by atoms with Gasteiger partial charge >= 0.3 is 0 Å². The van der Waals surface area contributed by atoms with Crippen molar-refractivity contribution in [3.05, 3.63) is 35.0 Å². The fourth-order valence-corrected chi connectivity index (χ4v) is 2.14. The summed E-state index contributed by atoms with van der Waals surface area (Å²) in [6.07, 6.45) is 3.60. The Hall–Kier alpha value is -0.990. The van der Waals surface area contributed by atoms with Crippen molar-refractivity contribution in [3.63, 3.8) is 0 Å². The van der Waals surface area contributed by atoms with Crippen molar-refractivity contribution in [2.45, 2.75) is 12.8 Å². The largest absolute Gasteiger partial charge is 0.396 e. The number of aryl methyl sites for hydroxylation is 2. The first-order valence-electron chi connectivity index (χ1n) is 5.07. The molecule has 0 saturated carbocycles. The molecule has 1 aromatic heterocycles. The second-order valence-electron chi connectivity index (χ2n) is 3.73. The average molecular weight is 224 g/mol. The van der Waals surface area contributed by atoms with Crippen LogP contribution in [0.25, 0.3) is 10.9 Å². The van der Waals surface area contributed by atoms with E-state index in [2.05, 4.69) is 10.6 Å². The molecule has 2 rings (SSSR count). The summed E-state index contributed by atoms with van der Waals surface area (Å²) >= 11 is 6.30. The zero-order valence-electron chi connectivity index (χ0n) is 8.70. The van der Waals surface area contributed by atoms with E-state index in [9.17, 15) is 0 Å². The van der Waals surface area contributed by atoms with E-state index in [1.165, 1.54) is 0 Å². The molecule has 1 N–H and O–H groups in total. The van der Waals surface area contributed by atoms with Crippen LogP contribution in [0.1, 0.15) is 12.0 Å². The maximum atomic E-state index is 8.79. The maximum Gasteiger partial charge on any atom is 0.0531 e. The summed E-state index contributed by atoms with van der Waals surface area (Å²) in [6.45, 7) is 0.211. The van der Waals surface area contributed by atoms with Gasteiger partial charge in [0.05, 0.1) is 5.02 Å². The fraction of sp³-hybridized carbons (Fsp3) is 0.333. The summed E-state index contributed by atoms with van der Waals surface area (Å²) in [6, 6.07) is 6.15. The van der Waals surface area contributed by atoms with Gasteiger partial charge in [-0.3, -0.25) is 0 Å². The molecule has 80 valence electrons. The number of nitrogens with zero attached hydrogens (tertiary/aromatic N) is 1. The number of aliphatic hydroxyl groups is 1. The lowest BCUT2D eigenvalue weighted by Gasteiger charge is -2.05. The van der Waals surface area contributed by atoms with Crippen molar-refractivity contribution < 1.29 is 5.11 Å². The number of benzene rings is 1. The van der Waals surface area contributed by atoms with E-state index < -0.39 is 0 Å². The van der Waals surface area contributed by atoms with Gasteiger partial charge in [-0.1, -0.05) is 17.7 Å². The van der Waals surface area contributed by atoms with Crippen LogP contribution in [0.15, 0.2) is 24.4 Å². The third kappa shape index (κ3) is 1.87. The van der Waals surface area contributed by atoms with Crippen molar-refractivity contribution >= 4 is 22.5 Å². The number of aliphatic hydroxyl groups excluding tert-OH is 1. The van der Waals surface area contributed by atoms with E-state index >= 15 is 0 Å². The number of rotatable bonds is 3. The highest BCUT2D eigenvalue weighted by Gasteiger charge is 2.07. The molecule has 1 aromatic carbocycles. The predicted molar refractivity (Wildman–Crippen MR) is 63.3 cm³/mol. The minimum Gasteiger partial charge on any atom is -0.396 e. The van der Waals surface area contributed by atoms with Gasteiger partial charge in [-0.15, -0.1) is 0 Å². The van der Waals surface area contributed by atoms with Crippen LogP contribution in [0.3, 0.4) is 0 Å². The lowest BCUT2D eigenvalue weighted by atomic mass is 10.1. The van der Waals surface area contributed by atoms with Gasteiger partial charge < -0.3 is 9.67 Å². The maximum absolute atomic E-state index is 8.79. The Morgan fingerprint density at radius 1 is 1.33 bits per heavy atom. The van der Waals surface area contributed by atoms with Crippen LogP contribution in [0, 0.1) is 0 Å². The lowest BCUT2D eigenvalue weighted by molar-refractivity contribution is 0.288. The van der Waals surface area contributed by atoms with Gasteiger partial charge in [-0.25, -0.2) is 0 Å². The van der Waals surface area contributed by atoms with E-state index in [4.69, 9.17) is 16.7 Å². The summed E-state index contributed by atoms with van der Waals surface area (Å²) in [7, 11) is 2.01. The van der Waals surface area contributed by atoms with Crippen molar-refractivity contribution in [2.24, 2.45) is 7.05 Å². The molecule has 0 atom stereocenters. The normalized spacial score (nSPS) is 11.1. The number of hydrogen-bond acceptors (Lipinski definition) is 1. The Morgan fingerprint density at radius 2 is 2.13 bits per heavy atom. The monoisotopic (exact) mass is 223 g/mol. The minimum absolute atomic E-state index is 0.211. The van der Waals surface area contributed by atoms with Crippen LogP contribution in [0.2, 0.25) is 5.02 Å². The lowest BCUT2D eigenvalue weighted by Crippen LogP contribution is -1.91. The third-order valence-electron chi connectivity index (χ3n) is 2.69. The molecule has 0 aliphatic carbocycles. The number of halogens is 1. The summed E-state index contributed by atoms with van der Waals surface area (Å²) in [5.41, 5.74) is 2.26. The molecule has 3 heteroatoms. The molecular formula is C12H14ClNO. The van der Waals surface area contributed by atoms with E-state index in [1.54, 1.807) is 0 Å². The van der Waals surface area contributed by atoms with Crippen molar-refractivity contribution in [1.82, 2.24) is 4.57 Å². The molecule has 1 heterocycles. The molecule has 2 aromatic rings. The van der Waals surface area contributed by atoms with E-state index in [0.717, 1.165) is 34.3 Å². The zero-order valence-corrected chi connectivity index (χ0v) is 9.46. The van der Waals surface area contributed by atoms with E-state index in [1.807, 2.05) is 25.4 Å². The molecule has 0 amide bonds. The second kappa shape index (κ2) is 4.25. The molecule has 0 radical (unpaired) electrons. The highest BCUT2D eigenvalue weighted by molar-refractivity contribution is 6.36. The Bertz CT molecular complexity index is 476. The minimum atomic E-state index is 0.211. The molecule has 0 unspecified atom stereocenters. The number of fused-ring (bicyclic) bond motifs is 1. The molecular weight excluding hydrogens is 210 g/mol. The molecule has 15 heavy (non-hydrogen) atoms. The van der Waals surface area contributed by atoms with Gasteiger partial charge in [-0.05, 0) is 30.5 Å². The predicted octanol–water partition coefficient (Wildman–Crippen LogP) is 2.76. The van der Waals surface area contributed by atoms with Crippen LogP contribution in [0.4, 0.5) is 0 Å². The van der Waals surface area contributed by atoms with Crippen molar-refractivity contribution in [3.8, 4) is 0 Å². The van der Waals surface area contributed by atoms with Crippen molar-refractivity contribution in [1.29, 1.82) is 0 Å². The van der Waals surface area contributed by atoms with Crippen LogP contribution in [0.5, 0.6) is 0 Å². The smallest absolute Gasteiger partial charge is 0.0531 e. The fourth-order valence-electron chi connectivity index (χ4n) is 1.82. The average Bonchev–Trinajstić information content (AvgIpc) is 2.61. The summed E-state index contributed by atoms with van der Waals surface area (Å²) in [4.78, 5) is 0. The molecule has 0 spiro atoms. The summed E-state index contributed by atoms with van der Waals surface area (Å²) < 4.78 is 2.05. The van der Waals surface area contributed by atoms with Crippen LogP contribution < -0.4 is 0 Å². The first-order valence-corrected chi connectivity index (χ1v) is 5.45. The van der Waals surface area contributed by atoms with E-state index in [0.29, 0.717) is 0 Å². The van der Waals surface area contributed by atoms with Gasteiger partial charge in [0, 0.05) is 30.8 Å². The van der Waals surface area contributed by atoms with Gasteiger partial charge in [0.15, 0.2) is 0 Å². The van der Waals surface area contributed by atoms with Crippen LogP contribution in [-0.4, -0.2) is 16.3 Å². The van der Waals surface area contributed by atoms with Gasteiger partial charge in [0.25, 0.3) is 0 Å². The standard InChI is InChI=1S/C12H14ClNO/c1-14-7-6-10-11(14)5-4-9(12(10)13)3-2-8-15/h4-7,15H,2-3,8H2,1H3. The van der Waals surface area contributed by atoms with Gasteiger partial charge in [0.1, 0.15) is 0 Å². The Labute approximate surface area is 94.1 Å². The second-order valence-corrected chi connectivity index (χ2v) is 4.10. The highest BCUT2D eigenvalue weighted by Crippen LogP contribution is 2.28. The first-order chi connectivity index (χ1) is 7.24. The highest BCUT2D eigenvalue weighted by atomic mass is 35.5. The quantitative estimate of drug-likeness (QED) is 0.851. The summed E-state index contributed by atoms with van der Waals surface area (Å²) in [5, 5.41) is 10.7. The molecule has 0 fully saturated rings. The molecule has 0 aliphatic heterocycles. The molecule has 0 aliphatic rings. The Morgan fingerprint density at radius 3 is 2.87 bits per heavy atom. The Kier molecular flexibility index (Phi) is 2.98. The van der Waals surface area contributed by atoms with Crippen LogP contribution in [-0.2, 0) is 13.5 Å². The third-order valence-corrected chi connectivity index (χ3v) is 3.13. The molecule has 0 bridgehead atoms. The summed E-state index contributed by atoms with van der Waals surface area (Å²) in [5.74, 6) is 0. The van der Waals surface area contributed by atoms with Crippen LogP contribution >= 0.6 is 11.6 Å². The topological polar surface area (TPSA) is 25.2 Å². The van der Waals surface area contributed by atoms with Gasteiger partial charge in [0.2, 0.25) is 0 Å². The number of hydrogen-bond donors (Lipinski definition) is 1. The molecule has 2 nitrogen and oxygen atoms in total. The van der Waals surface area contributed by atoms with Crippen molar-refractivity contribution in [2.75, 3.05) is 6.61 Å². The Balaban J connectivity index is 2.46.